The number of carbonyl (C=O) groups excluding carboxylic acids is 2. The first kappa shape index (κ1) is 13.2. The minimum atomic E-state index is -0.358. The minimum Gasteiger partial charge on any atom is -0.465 e. The van der Waals surface area contributed by atoms with Crippen molar-refractivity contribution in [3.05, 3.63) is 29.3 Å². The highest BCUT2D eigenvalue weighted by Gasteiger charge is 2.14. The van der Waals surface area contributed by atoms with Gasteiger partial charge in [-0.15, -0.1) is 0 Å². The van der Waals surface area contributed by atoms with Gasteiger partial charge in [0.15, 0.2) is 0 Å². The van der Waals surface area contributed by atoms with Crippen LogP contribution in [0, 0.1) is 0 Å². The van der Waals surface area contributed by atoms with Crippen LogP contribution in [0.1, 0.15) is 42.6 Å². The summed E-state index contributed by atoms with van der Waals surface area (Å²) in [7, 11) is 1.36. The summed E-state index contributed by atoms with van der Waals surface area (Å²) >= 11 is 0. The first-order chi connectivity index (χ1) is 7.95. The molecule has 92 valence electrons. The zero-order valence-corrected chi connectivity index (χ0v) is 10.5. The summed E-state index contributed by atoms with van der Waals surface area (Å²) in [5.74, 6) is -0.314. The van der Waals surface area contributed by atoms with Gasteiger partial charge in [-0.05, 0) is 29.7 Å². The van der Waals surface area contributed by atoms with Crippen LogP contribution in [0.5, 0.6) is 0 Å². The molecule has 0 atom stereocenters. The standard InChI is InChI=1S/C13H17NO3/c1-8(2)12-7-10(14-9(3)15)5-6-11(12)13(16)17-4/h5-8H,1-4H3,(H,14,15). The Morgan fingerprint density at radius 1 is 1.29 bits per heavy atom. The third kappa shape index (κ3) is 3.31. The second kappa shape index (κ2) is 5.48. The second-order valence-electron chi connectivity index (χ2n) is 4.13. The van der Waals surface area contributed by atoms with E-state index in [0.29, 0.717) is 11.3 Å². The number of amides is 1. The number of rotatable bonds is 3. The molecule has 0 aliphatic carbocycles. The van der Waals surface area contributed by atoms with E-state index in [1.807, 2.05) is 13.8 Å². The lowest BCUT2D eigenvalue weighted by Crippen LogP contribution is -2.10. The van der Waals surface area contributed by atoms with Gasteiger partial charge in [0.25, 0.3) is 0 Å². The summed E-state index contributed by atoms with van der Waals surface area (Å²) < 4.78 is 4.72. The minimum absolute atomic E-state index is 0.134. The summed E-state index contributed by atoms with van der Waals surface area (Å²) in [6, 6.07) is 5.17. The monoisotopic (exact) mass is 235 g/mol. The van der Waals surface area contributed by atoms with Crippen LogP contribution < -0.4 is 5.32 Å². The van der Waals surface area contributed by atoms with Crippen LogP contribution in [-0.4, -0.2) is 19.0 Å². The number of esters is 1. The molecule has 0 aliphatic rings. The van der Waals surface area contributed by atoms with E-state index >= 15 is 0 Å². The number of anilines is 1. The smallest absolute Gasteiger partial charge is 0.338 e. The SMILES string of the molecule is COC(=O)c1ccc(NC(C)=O)cc1C(C)C. The van der Waals surface area contributed by atoms with E-state index in [1.54, 1.807) is 18.2 Å². The van der Waals surface area contributed by atoms with E-state index in [1.165, 1.54) is 14.0 Å². The van der Waals surface area contributed by atoms with Crippen molar-refractivity contribution in [3.8, 4) is 0 Å². The molecule has 4 heteroatoms. The van der Waals surface area contributed by atoms with Crippen LogP contribution >= 0.6 is 0 Å². The Morgan fingerprint density at radius 3 is 2.41 bits per heavy atom. The largest absolute Gasteiger partial charge is 0.465 e. The predicted molar refractivity (Wildman–Crippen MR) is 66.2 cm³/mol. The maximum Gasteiger partial charge on any atom is 0.338 e. The number of nitrogens with one attached hydrogen (secondary N) is 1. The Labute approximate surface area is 101 Å². The molecule has 1 aromatic rings. The molecule has 1 amide bonds. The Morgan fingerprint density at radius 2 is 1.94 bits per heavy atom. The number of carbonyl (C=O) groups is 2. The molecule has 0 bridgehead atoms. The average molecular weight is 235 g/mol. The summed E-state index contributed by atoms with van der Waals surface area (Å²) in [6.45, 7) is 5.42. The van der Waals surface area contributed by atoms with Crippen LogP contribution in [0.2, 0.25) is 0 Å². The Hall–Kier alpha value is -1.84. The summed E-state index contributed by atoms with van der Waals surface area (Å²) in [4.78, 5) is 22.5. The van der Waals surface area contributed by atoms with Crippen molar-refractivity contribution in [2.45, 2.75) is 26.7 Å². The van der Waals surface area contributed by atoms with Crippen molar-refractivity contribution in [1.29, 1.82) is 0 Å². The van der Waals surface area contributed by atoms with Gasteiger partial charge in [-0.2, -0.15) is 0 Å². The van der Waals surface area contributed by atoms with Crippen molar-refractivity contribution in [3.63, 3.8) is 0 Å². The van der Waals surface area contributed by atoms with Crippen molar-refractivity contribution in [2.75, 3.05) is 12.4 Å². The number of benzene rings is 1. The lowest BCUT2D eigenvalue weighted by atomic mass is 9.96. The third-order valence-corrected chi connectivity index (χ3v) is 2.40. The molecule has 0 spiro atoms. The lowest BCUT2D eigenvalue weighted by molar-refractivity contribution is -0.114. The fraction of sp³-hybridized carbons (Fsp3) is 0.385. The number of hydrogen-bond acceptors (Lipinski definition) is 3. The van der Waals surface area contributed by atoms with Gasteiger partial charge in [-0.3, -0.25) is 4.79 Å². The molecule has 1 N–H and O–H groups in total. The highest BCUT2D eigenvalue weighted by Crippen LogP contribution is 2.24. The van der Waals surface area contributed by atoms with Crippen molar-refractivity contribution in [2.24, 2.45) is 0 Å². The topological polar surface area (TPSA) is 55.4 Å². The molecule has 0 unspecified atom stereocenters. The predicted octanol–water partition coefficient (Wildman–Crippen LogP) is 2.56. The molecule has 0 heterocycles. The molecular weight excluding hydrogens is 218 g/mol. The van der Waals surface area contributed by atoms with Gasteiger partial charge in [-0.1, -0.05) is 13.8 Å². The molecule has 0 radical (unpaired) electrons. The fourth-order valence-electron chi connectivity index (χ4n) is 1.62. The number of ether oxygens (including phenoxy) is 1. The molecule has 0 aromatic heterocycles. The van der Waals surface area contributed by atoms with Crippen LogP contribution in [0.25, 0.3) is 0 Å². The van der Waals surface area contributed by atoms with Crippen LogP contribution in [0.4, 0.5) is 5.69 Å². The van der Waals surface area contributed by atoms with E-state index in [4.69, 9.17) is 4.74 Å². The second-order valence-corrected chi connectivity index (χ2v) is 4.13. The zero-order chi connectivity index (χ0) is 13.0. The zero-order valence-electron chi connectivity index (χ0n) is 10.5. The summed E-state index contributed by atoms with van der Waals surface area (Å²) in [5, 5.41) is 2.69. The van der Waals surface area contributed by atoms with Gasteiger partial charge in [0, 0.05) is 12.6 Å². The third-order valence-electron chi connectivity index (χ3n) is 2.40. The highest BCUT2D eigenvalue weighted by molar-refractivity contribution is 5.93. The molecule has 4 nitrogen and oxygen atoms in total. The fourth-order valence-corrected chi connectivity index (χ4v) is 1.62. The molecule has 0 saturated carbocycles. The normalized spacial score (nSPS) is 10.2. The Balaban J connectivity index is 3.17. The summed E-state index contributed by atoms with van der Waals surface area (Å²) in [6.07, 6.45) is 0. The van der Waals surface area contributed by atoms with Gasteiger partial charge in [0.1, 0.15) is 0 Å². The molecular formula is C13H17NO3. The van der Waals surface area contributed by atoms with Gasteiger partial charge in [-0.25, -0.2) is 4.79 Å². The first-order valence-corrected chi connectivity index (χ1v) is 5.45. The number of methoxy groups -OCH3 is 1. The first-order valence-electron chi connectivity index (χ1n) is 5.45. The Bertz CT molecular complexity index is 438. The number of hydrogen-bond donors (Lipinski definition) is 1. The molecule has 0 aliphatic heterocycles. The van der Waals surface area contributed by atoms with Crippen molar-refractivity contribution in [1.82, 2.24) is 0 Å². The quantitative estimate of drug-likeness (QED) is 0.819. The van der Waals surface area contributed by atoms with Crippen molar-refractivity contribution >= 4 is 17.6 Å². The highest BCUT2D eigenvalue weighted by atomic mass is 16.5. The Kier molecular flexibility index (Phi) is 4.26. The van der Waals surface area contributed by atoms with Gasteiger partial charge in [0.2, 0.25) is 5.91 Å². The molecule has 17 heavy (non-hydrogen) atoms. The molecule has 0 fully saturated rings. The van der Waals surface area contributed by atoms with E-state index in [2.05, 4.69) is 5.32 Å². The lowest BCUT2D eigenvalue weighted by Gasteiger charge is -2.13. The van der Waals surface area contributed by atoms with Gasteiger partial charge < -0.3 is 10.1 Å². The van der Waals surface area contributed by atoms with E-state index in [-0.39, 0.29) is 17.8 Å². The van der Waals surface area contributed by atoms with Crippen LogP contribution in [-0.2, 0) is 9.53 Å². The van der Waals surface area contributed by atoms with E-state index in [9.17, 15) is 9.59 Å². The molecule has 1 rings (SSSR count). The maximum absolute atomic E-state index is 11.6. The van der Waals surface area contributed by atoms with Crippen molar-refractivity contribution < 1.29 is 14.3 Å². The molecule has 0 saturated heterocycles. The van der Waals surface area contributed by atoms with Crippen LogP contribution in [0.3, 0.4) is 0 Å². The van der Waals surface area contributed by atoms with E-state index in [0.717, 1.165) is 5.56 Å². The van der Waals surface area contributed by atoms with Gasteiger partial charge in [0.05, 0.1) is 12.7 Å². The molecule has 1 aromatic carbocycles. The average Bonchev–Trinajstić information content (AvgIpc) is 2.27. The maximum atomic E-state index is 11.6. The summed E-state index contributed by atoms with van der Waals surface area (Å²) in [5.41, 5.74) is 2.09. The van der Waals surface area contributed by atoms with Gasteiger partial charge >= 0.3 is 5.97 Å². The van der Waals surface area contributed by atoms with Crippen LogP contribution in [0.15, 0.2) is 18.2 Å². The van der Waals surface area contributed by atoms with E-state index < -0.39 is 0 Å².